The van der Waals surface area contributed by atoms with Gasteiger partial charge in [-0.05, 0) is 36.1 Å². The maximum atomic E-state index is 12.5. The molecule has 0 amide bonds. The van der Waals surface area contributed by atoms with Crippen LogP contribution < -0.4 is 4.84 Å². The van der Waals surface area contributed by atoms with Crippen LogP contribution in [-0.2, 0) is 11.8 Å². The number of carbonyl (C=O) groups is 2. The van der Waals surface area contributed by atoms with Crippen LogP contribution in [0.4, 0.5) is 0 Å². The zero-order valence-electron chi connectivity index (χ0n) is 14.6. The Morgan fingerprint density at radius 2 is 1.83 bits per heavy atom. The number of carbonyl (C=O) groups excluding carboxylic acids is 1. The lowest BCUT2D eigenvalue weighted by Crippen LogP contribution is -2.22. The number of rotatable bonds is 4. The Kier molecular flexibility index (Phi) is 4.78. The van der Waals surface area contributed by atoms with E-state index in [2.05, 4.69) is 4.98 Å². The lowest BCUT2D eigenvalue weighted by atomic mass is 9.85. The summed E-state index contributed by atoms with van der Waals surface area (Å²) in [6.45, 7) is 9.59. The maximum absolute atomic E-state index is 12.5. The molecular formula is C18H22N2O4. The van der Waals surface area contributed by atoms with Gasteiger partial charge in [0.2, 0.25) is 0 Å². The van der Waals surface area contributed by atoms with Crippen molar-refractivity contribution in [2.45, 2.75) is 46.5 Å². The molecule has 0 radical (unpaired) electrons. The zero-order valence-corrected chi connectivity index (χ0v) is 14.6. The summed E-state index contributed by atoms with van der Waals surface area (Å²) in [6, 6.07) is 4.58. The number of carboxylic acids is 1. The molecule has 0 aliphatic heterocycles. The van der Waals surface area contributed by atoms with Crippen molar-refractivity contribution >= 4 is 11.9 Å². The molecule has 0 atom stereocenters. The van der Waals surface area contributed by atoms with E-state index in [1.807, 2.05) is 34.6 Å². The Bertz CT molecular complexity index is 785. The van der Waals surface area contributed by atoms with Gasteiger partial charge < -0.3 is 9.94 Å². The second-order valence-corrected chi connectivity index (χ2v) is 6.71. The fraction of sp³-hybridized carbons (Fsp3) is 0.389. The molecule has 1 aromatic heterocycles. The van der Waals surface area contributed by atoms with E-state index in [1.54, 1.807) is 18.3 Å². The predicted molar refractivity (Wildman–Crippen MR) is 89.4 cm³/mol. The summed E-state index contributed by atoms with van der Waals surface area (Å²) < 4.78 is 1.34. The number of aromatic nitrogens is 2. The second kappa shape index (κ2) is 6.47. The minimum Gasteiger partial charge on any atom is -0.478 e. The van der Waals surface area contributed by atoms with Crippen LogP contribution in [0, 0.1) is 6.92 Å². The van der Waals surface area contributed by atoms with Gasteiger partial charge in [0, 0.05) is 6.42 Å². The van der Waals surface area contributed by atoms with Gasteiger partial charge in [-0.1, -0.05) is 27.7 Å². The Morgan fingerprint density at radius 1 is 1.21 bits per heavy atom. The topological polar surface area (TPSA) is 81.4 Å². The first-order valence-corrected chi connectivity index (χ1v) is 7.78. The van der Waals surface area contributed by atoms with Crippen molar-refractivity contribution in [3.05, 3.63) is 52.6 Å². The number of aromatic carboxylic acids is 1. The van der Waals surface area contributed by atoms with Gasteiger partial charge in [0.05, 0.1) is 23.0 Å². The van der Waals surface area contributed by atoms with Crippen molar-refractivity contribution in [1.82, 2.24) is 9.71 Å². The van der Waals surface area contributed by atoms with Crippen molar-refractivity contribution in [2.24, 2.45) is 0 Å². The Balaban J connectivity index is 2.41. The summed E-state index contributed by atoms with van der Waals surface area (Å²) in [5, 5.41) is 9.29. The zero-order chi connectivity index (χ0) is 18.1. The first kappa shape index (κ1) is 17.7. The van der Waals surface area contributed by atoms with E-state index in [-0.39, 0.29) is 16.5 Å². The van der Waals surface area contributed by atoms with Gasteiger partial charge in [0.1, 0.15) is 5.82 Å². The Morgan fingerprint density at radius 3 is 2.38 bits per heavy atom. The number of hydrogen-bond donors (Lipinski definition) is 1. The highest BCUT2D eigenvalue weighted by atomic mass is 16.7. The molecule has 0 saturated heterocycles. The molecule has 0 aliphatic carbocycles. The predicted octanol–water partition coefficient (Wildman–Crippen LogP) is 3.02. The SMILES string of the molecule is CCc1nc(C)cn1OC(=O)c1cc(C(=O)O)cc(C(C)(C)C)c1. The summed E-state index contributed by atoms with van der Waals surface area (Å²) in [5.41, 5.74) is 1.47. The van der Waals surface area contributed by atoms with Gasteiger partial charge in [-0.15, -0.1) is 0 Å². The Hall–Kier alpha value is -2.63. The second-order valence-electron chi connectivity index (χ2n) is 6.71. The molecular weight excluding hydrogens is 308 g/mol. The maximum Gasteiger partial charge on any atom is 0.363 e. The molecule has 2 rings (SSSR count). The van der Waals surface area contributed by atoms with Gasteiger partial charge in [0.25, 0.3) is 0 Å². The van der Waals surface area contributed by atoms with Crippen LogP contribution in [0.5, 0.6) is 0 Å². The van der Waals surface area contributed by atoms with Gasteiger partial charge in [-0.3, -0.25) is 0 Å². The number of imidazole rings is 1. The first-order chi connectivity index (χ1) is 11.1. The van der Waals surface area contributed by atoms with Crippen LogP contribution >= 0.6 is 0 Å². The monoisotopic (exact) mass is 330 g/mol. The minimum absolute atomic E-state index is 0.0619. The molecule has 6 heteroatoms. The average molecular weight is 330 g/mol. The number of benzene rings is 1. The number of aryl methyl sites for hydroxylation is 2. The number of carboxylic acid groups (broad SMARTS) is 1. The van der Waals surface area contributed by atoms with Crippen LogP contribution in [0.2, 0.25) is 0 Å². The van der Waals surface area contributed by atoms with E-state index in [4.69, 9.17) is 4.84 Å². The lowest BCUT2D eigenvalue weighted by Gasteiger charge is -2.20. The largest absolute Gasteiger partial charge is 0.478 e. The van der Waals surface area contributed by atoms with Crippen LogP contribution in [0.3, 0.4) is 0 Å². The molecule has 2 aromatic rings. The molecule has 128 valence electrons. The highest BCUT2D eigenvalue weighted by molar-refractivity contribution is 5.95. The highest BCUT2D eigenvalue weighted by Gasteiger charge is 2.21. The summed E-state index contributed by atoms with van der Waals surface area (Å²) >= 11 is 0. The molecule has 1 heterocycles. The molecule has 0 unspecified atom stereocenters. The minimum atomic E-state index is -1.08. The molecule has 1 N–H and O–H groups in total. The van der Waals surface area contributed by atoms with Crippen molar-refractivity contribution < 1.29 is 19.5 Å². The fourth-order valence-corrected chi connectivity index (χ4v) is 2.28. The van der Waals surface area contributed by atoms with Gasteiger partial charge in [0.15, 0.2) is 0 Å². The van der Waals surface area contributed by atoms with Crippen molar-refractivity contribution in [2.75, 3.05) is 0 Å². The van der Waals surface area contributed by atoms with E-state index in [1.165, 1.54) is 10.8 Å². The summed E-state index contributed by atoms with van der Waals surface area (Å²) in [5.74, 6) is -1.06. The quantitative estimate of drug-likeness (QED) is 0.932. The molecule has 0 saturated carbocycles. The molecule has 0 aliphatic rings. The van der Waals surface area contributed by atoms with E-state index in [0.717, 1.165) is 11.3 Å². The van der Waals surface area contributed by atoms with E-state index < -0.39 is 11.9 Å². The van der Waals surface area contributed by atoms with E-state index in [9.17, 15) is 14.7 Å². The smallest absolute Gasteiger partial charge is 0.363 e. The Labute approximate surface area is 141 Å². The molecule has 24 heavy (non-hydrogen) atoms. The third kappa shape index (κ3) is 3.82. The van der Waals surface area contributed by atoms with Crippen LogP contribution in [0.15, 0.2) is 24.4 Å². The summed E-state index contributed by atoms with van der Waals surface area (Å²) in [7, 11) is 0. The molecule has 0 spiro atoms. The lowest BCUT2D eigenvalue weighted by molar-refractivity contribution is 0.0446. The average Bonchev–Trinajstić information content (AvgIpc) is 2.85. The van der Waals surface area contributed by atoms with Gasteiger partial charge in [-0.2, -0.15) is 4.73 Å². The number of nitrogens with zero attached hydrogens (tertiary/aromatic N) is 2. The molecule has 0 bridgehead atoms. The fourth-order valence-electron chi connectivity index (χ4n) is 2.28. The van der Waals surface area contributed by atoms with Crippen LogP contribution in [0.25, 0.3) is 0 Å². The van der Waals surface area contributed by atoms with Crippen molar-refractivity contribution in [1.29, 1.82) is 0 Å². The van der Waals surface area contributed by atoms with E-state index >= 15 is 0 Å². The van der Waals surface area contributed by atoms with Gasteiger partial charge >= 0.3 is 11.9 Å². The van der Waals surface area contributed by atoms with Crippen LogP contribution in [0.1, 0.15) is 65.5 Å². The first-order valence-electron chi connectivity index (χ1n) is 7.78. The highest BCUT2D eigenvalue weighted by Crippen LogP contribution is 2.25. The van der Waals surface area contributed by atoms with Crippen LogP contribution in [-0.4, -0.2) is 26.8 Å². The standard InChI is InChI=1S/C18H22N2O4/c1-6-15-19-11(2)10-20(15)24-17(23)13-7-12(16(21)22)8-14(9-13)18(3,4)5/h7-10H,6H2,1-5H3,(H,21,22). The third-order valence-corrected chi connectivity index (χ3v) is 3.64. The molecule has 6 nitrogen and oxygen atoms in total. The van der Waals surface area contributed by atoms with Crippen molar-refractivity contribution in [3.63, 3.8) is 0 Å². The molecule has 1 aromatic carbocycles. The van der Waals surface area contributed by atoms with Crippen molar-refractivity contribution in [3.8, 4) is 0 Å². The molecule has 0 fully saturated rings. The normalized spacial score (nSPS) is 11.4. The van der Waals surface area contributed by atoms with E-state index in [0.29, 0.717) is 12.2 Å². The summed E-state index contributed by atoms with van der Waals surface area (Å²) in [4.78, 5) is 33.5. The van der Waals surface area contributed by atoms with Gasteiger partial charge in [-0.25, -0.2) is 14.6 Å². The number of hydrogen-bond acceptors (Lipinski definition) is 4. The third-order valence-electron chi connectivity index (χ3n) is 3.64. The summed E-state index contributed by atoms with van der Waals surface area (Å²) in [6.07, 6.45) is 2.24.